The lowest BCUT2D eigenvalue weighted by Gasteiger charge is -2.32. The van der Waals surface area contributed by atoms with Crippen molar-refractivity contribution < 1.29 is 83.6 Å². The molecule has 0 radical (unpaired) electrons. The van der Waals surface area contributed by atoms with Gasteiger partial charge in [0.25, 0.3) is 0 Å². The fourth-order valence-electron chi connectivity index (χ4n) is 16.2. The van der Waals surface area contributed by atoms with E-state index in [4.69, 9.17) is 28.4 Å². The van der Waals surface area contributed by atoms with Crippen LogP contribution in [0.15, 0.2) is 72.8 Å². The van der Waals surface area contributed by atoms with Gasteiger partial charge in [-0.15, -0.1) is 20.4 Å². The van der Waals surface area contributed by atoms with Gasteiger partial charge in [0, 0.05) is 25.7 Å². The van der Waals surface area contributed by atoms with Gasteiger partial charge in [0.2, 0.25) is 67.2 Å². The number of hydrogen-bond donors (Lipinski definition) is 2. The number of rotatable bonds is 18. The summed E-state index contributed by atoms with van der Waals surface area (Å²) in [5.41, 5.74) is -4.01. The van der Waals surface area contributed by atoms with Crippen molar-refractivity contribution in [2.75, 3.05) is 26.3 Å². The van der Waals surface area contributed by atoms with Crippen LogP contribution in [0, 0.1) is 58.2 Å². The van der Waals surface area contributed by atoms with Gasteiger partial charge in [-0.25, -0.2) is 16.8 Å². The third kappa shape index (κ3) is 19.3. The van der Waals surface area contributed by atoms with Crippen LogP contribution in [0.2, 0.25) is 0 Å². The van der Waals surface area contributed by atoms with Gasteiger partial charge in [0.05, 0.1) is 106 Å². The van der Waals surface area contributed by atoms with Crippen LogP contribution in [0.4, 0.5) is 0 Å². The van der Waals surface area contributed by atoms with Gasteiger partial charge in [-0.05, 0) is 192 Å². The van der Waals surface area contributed by atoms with Crippen LogP contribution in [0.1, 0.15) is 199 Å². The van der Waals surface area contributed by atoms with Crippen molar-refractivity contribution in [3.05, 3.63) is 72.8 Å². The molecule has 0 spiro atoms. The lowest BCUT2D eigenvalue weighted by Crippen LogP contribution is -2.47. The predicted molar refractivity (Wildman–Crippen MR) is 402 cm³/mol. The Morgan fingerprint density at radius 1 is 0.509 bits per heavy atom. The number of esters is 2. The standard InChI is InChI=1S/2C40H54N4O9S/c2*1-7-51-35-29-14-10-11-15-30(29)36(42-41-35)52-27-19-32-33(45)22-40(38(48)43-54(49,50)28-16-17-28)21-26(40)13-9-8-12-24(2)18-25(3)31(37(47)44(32)23-27)20-34(46)53-39(4,5)6/h2*9-11,13-15,24-28,31-32H,7-8,12,16-23H2,1-6H3,(H,43,48)/b2*13-9-/t24-,25+,26+,27+,31-,32-,40+;24-,25-,26-,27-,31+,32+,40-/m01/s1. The van der Waals surface area contributed by atoms with Crippen molar-refractivity contribution in [1.29, 1.82) is 0 Å². The zero-order valence-corrected chi connectivity index (χ0v) is 66.0. The Hall–Kier alpha value is -8.14. The van der Waals surface area contributed by atoms with Crippen LogP contribution in [0.3, 0.4) is 0 Å². The van der Waals surface area contributed by atoms with Crippen molar-refractivity contribution in [1.82, 2.24) is 39.6 Å². The highest BCUT2D eigenvalue weighted by atomic mass is 32.2. The second-order valence-electron chi connectivity index (χ2n) is 33.6. The van der Waals surface area contributed by atoms with Gasteiger partial charge in [0.15, 0.2) is 11.6 Å². The molecule has 588 valence electrons. The Morgan fingerprint density at radius 2 is 0.852 bits per heavy atom. The average Bonchev–Trinajstić information content (AvgIpc) is 1.57. The number of hydrogen-bond acceptors (Lipinski definition) is 22. The lowest BCUT2D eigenvalue weighted by molar-refractivity contribution is -0.160. The van der Waals surface area contributed by atoms with Crippen LogP contribution >= 0.6 is 0 Å². The topological polar surface area (TPSA) is 342 Å². The van der Waals surface area contributed by atoms with Crippen molar-refractivity contribution in [2.45, 2.75) is 245 Å². The van der Waals surface area contributed by atoms with Crippen LogP contribution in [0.5, 0.6) is 23.5 Å². The number of nitrogens with one attached hydrogen (secondary N) is 2. The molecule has 0 unspecified atom stereocenters. The van der Waals surface area contributed by atoms with Gasteiger partial charge in [0.1, 0.15) is 23.4 Å². The van der Waals surface area contributed by atoms with E-state index in [2.05, 4.69) is 43.7 Å². The average molecular weight is 1530 g/mol. The van der Waals surface area contributed by atoms with Gasteiger partial charge < -0.3 is 38.2 Å². The minimum absolute atomic E-state index is 0.0319. The molecule has 4 amide bonds. The summed E-state index contributed by atoms with van der Waals surface area (Å²) in [4.78, 5) is 116. The molecule has 108 heavy (non-hydrogen) atoms. The summed E-state index contributed by atoms with van der Waals surface area (Å²) in [5, 5.41) is 18.6. The monoisotopic (exact) mass is 1530 g/mol. The Bertz CT molecular complexity index is 4080. The third-order valence-corrected chi connectivity index (χ3v) is 25.9. The highest BCUT2D eigenvalue weighted by Crippen LogP contribution is 2.59. The highest BCUT2D eigenvalue weighted by molar-refractivity contribution is 7.91. The number of nitrogens with zero attached hydrogens (tertiary/aromatic N) is 6. The first-order chi connectivity index (χ1) is 51.0. The molecule has 4 aromatic rings. The van der Waals surface area contributed by atoms with E-state index >= 15 is 0 Å². The number of amides is 4. The van der Waals surface area contributed by atoms with E-state index in [1.54, 1.807) is 41.5 Å². The number of ether oxygens (including phenoxy) is 6. The lowest BCUT2D eigenvalue weighted by atomic mass is 9.82. The summed E-state index contributed by atoms with van der Waals surface area (Å²) in [6.07, 6.45) is 13.0. The molecule has 2 saturated heterocycles. The molecule has 8 aliphatic rings. The minimum atomic E-state index is -3.86. The first-order valence-electron chi connectivity index (χ1n) is 38.7. The molecule has 6 heterocycles. The highest BCUT2D eigenvalue weighted by Gasteiger charge is 2.63. The molecule has 4 aliphatic carbocycles. The van der Waals surface area contributed by atoms with E-state index in [1.807, 2.05) is 101 Å². The molecule has 28 heteroatoms. The maximum absolute atomic E-state index is 14.8. The molecule has 4 aliphatic heterocycles. The number of sulfonamides is 2. The normalized spacial score (nSPS) is 30.0. The van der Waals surface area contributed by atoms with E-state index in [0.717, 1.165) is 25.7 Å². The number of Topliss-reactive ketones (excluding diaryl/α,β-unsaturated/α-hetero) is 2. The van der Waals surface area contributed by atoms with E-state index in [9.17, 15) is 55.2 Å². The number of fused-ring (bicyclic) bond motifs is 6. The third-order valence-electron chi connectivity index (χ3n) is 22.3. The number of allylic oxidation sites excluding steroid dienone is 4. The maximum Gasteiger partial charge on any atom is 0.307 e. The molecule has 2 N–H and O–H groups in total. The number of ketones is 2. The zero-order valence-electron chi connectivity index (χ0n) is 64.4. The van der Waals surface area contributed by atoms with Gasteiger partial charge in [-0.1, -0.05) is 76.3 Å². The van der Waals surface area contributed by atoms with E-state index < -0.39 is 112 Å². The number of carbonyl (C=O) groups is 8. The minimum Gasteiger partial charge on any atom is -0.476 e. The van der Waals surface area contributed by atoms with Crippen molar-refractivity contribution >= 4 is 88.7 Å². The summed E-state index contributed by atoms with van der Waals surface area (Å²) in [7, 11) is -7.71. The van der Waals surface area contributed by atoms with Crippen LogP contribution < -0.4 is 28.4 Å². The van der Waals surface area contributed by atoms with Gasteiger partial charge in [-0.3, -0.25) is 47.8 Å². The first kappa shape index (κ1) is 80.9. The Kier molecular flexibility index (Phi) is 24.6. The van der Waals surface area contributed by atoms with Gasteiger partial charge in [-0.2, -0.15) is 0 Å². The molecule has 2 aromatic carbocycles. The molecule has 4 saturated carbocycles. The summed E-state index contributed by atoms with van der Waals surface area (Å²) in [5.74, 6) is -4.85. The second-order valence-corrected chi connectivity index (χ2v) is 37.5. The van der Waals surface area contributed by atoms with E-state index in [1.165, 1.54) is 9.80 Å². The van der Waals surface area contributed by atoms with Crippen LogP contribution in [-0.2, 0) is 67.9 Å². The van der Waals surface area contributed by atoms with E-state index in [0.29, 0.717) is 97.9 Å². The molecule has 12 rings (SSSR count). The summed E-state index contributed by atoms with van der Waals surface area (Å²) < 4.78 is 91.8. The van der Waals surface area contributed by atoms with Crippen LogP contribution in [-0.4, -0.2) is 166 Å². The quantitative estimate of drug-likeness (QED) is 0.0690. The predicted octanol–water partition coefficient (Wildman–Crippen LogP) is 10.6. The van der Waals surface area contributed by atoms with Gasteiger partial charge >= 0.3 is 11.9 Å². The Labute approximate surface area is 634 Å². The maximum atomic E-state index is 14.8. The Balaban J connectivity index is 0.000000215. The first-order valence-corrected chi connectivity index (χ1v) is 41.8. The molecule has 2 aromatic heterocycles. The number of benzene rings is 2. The number of aromatic nitrogens is 4. The molecule has 6 fully saturated rings. The smallest absolute Gasteiger partial charge is 0.307 e. The second kappa shape index (κ2) is 32.8. The van der Waals surface area contributed by atoms with E-state index in [-0.39, 0.29) is 122 Å². The van der Waals surface area contributed by atoms with Crippen molar-refractivity contribution in [2.24, 2.45) is 58.2 Å². The van der Waals surface area contributed by atoms with Crippen LogP contribution in [0.25, 0.3) is 21.5 Å². The summed E-state index contributed by atoms with van der Waals surface area (Å²) in [6, 6.07) is 12.8. The summed E-state index contributed by atoms with van der Waals surface area (Å²) >= 11 is 0. The molecular formula is C80H108N8O18S2. The largest absolute Gasteiger partial charge is 0.476 e. The summed E-state index contributed by atoms with van der Waals surface area (Å²) in [6.45, 7) is 23.4. The molecule has 0 bridgehead atoms. The zero-order chi connectivity index (χ0) is 78.0. The van der Waals surface area contributed by atoms with Crippen molar-refractivity contribution in [3.63, 3.8) is 0 Å². The van der Waals surface area contributed by atoms with Crippen molar-refractivity contribution in [3.8, 4) is 23.5 Å². The molecular weight excluding hydrogens is 1430 g/mol. The number of carbonyl (C=O) groups excluding carboxylic acids is 8. The molecule has 14 atom stereocenters. The fourth-order valence-corrected chi connectivity index (χ4v) is 19.0. The SMILES string of the molecule is CCOc1nnc(O[C@@H]2C[C@H]3C(=O)C[C@]4(C(=O)NS(=O)(=O)C5CC5)C[C@H]4/C=C\CC[C@@H](C)C[C@@H](C)[C@H](CC(=O)OC(C)(C)C)C(=O)N3C2)c2ccccc12.CCOc1nnc(O[C@@H]2C[C@H]3C(=O)C[C@]4(C(=O)NS(=O)(=O)C5CC5)C[C@H]4/C=C\CC[C@H](C)C[C@@H](C)[C@H](CC(=O)OC(C)(C)C)C(=O)N3C2)c2ccccc12. The fraction of sp³-hybridized carbons (Fsp3) is 0.650. The Morgan fingerprint density at radius 3 is 1.19 bits per heavy atom. The molecule has 26 nitrogen and oxygen atoms in total.